The zero-order valence-corrected chi connectivity index (χ0v) is 15.1. The average molecular weight is 369 g/mol. The van der Waals surface area contributed by atoms with Crippen LogP contribution >= 0.6 is 0 Å². The number of nitrogens with one attached hydrogen (secondary N) is 2. The van der Waals surface area contributed by atoms with Crippen LogP contribution in [0.1, 0.15) is 34.3 Å². The van der Waals surface area contributed by atoms with Gasteiger partial charge in [-0.2, -0.15) is 0 Å². The van der Waals surface area contributed by atoms with E-state index < -0.39 is 17.9 Å². The number of hydrogen-bond acceptors (Lipinski definition) is 3. The smallest absolute Gasteiger partial charge is 0.319 e. The summed E-state index contributed by atoms with van der Waals surface area (Å²) in [7, 11) is 0. The lowest BCUT2D eigenvalue weighted by atomic mass is 10.0. The van der Waals surface area contributed by atoms with Crippen molar-refractivity contribution in [3.63, 3.8) is 0 Å². The Morgan fingerprint density at radius 2 is 1.81 bits per heavy atom. The van der Waals surface area contributed by atoms with Crippen molar-refractivity contribution in [1.29, 1.82) is 0 Å². The van der Waals surface area contributed by atoms with E-state index in [9.17, 15) is 14.4 Å². The summed E-state index contributed by atoms with van der Waals surface area (Å²) in [5, 5.41) is 14.5. The van der Waals surface area contributed by atoms with Crippen LogP contribution in [0.2, 0.25) is 0 Å². The van der Waals surface area contributed by atoms with Crippen LogP contribution in [-0.4, -0.2) is 29.1 Å². The van der Waals surface area contributed by atoms with Crippen LogP contribution in [0.3, 0.4) is 0 Å². The predicted molar refractivity (Wildman–Crippen MR) is 103 cm³/mol. The molecule has 0 saturated heterocycles. The van der Waals surface area contributed by atoms with Crippen LogP contribution in [0.15, 0.2) is 48.5 Å². The second kappa shape index (κ2) is 9.38. The summed E-state index contributed by atoms with van der Waals surface area (Å²) < 4.78 is 0. The van der Waals surface area contributed by atoms with E-state index in [1.165, 1.54) is 6.07 Å². The van der Waals surface area contributed by atoms with Crippen molar-refractivity contribution >= 4 is 23.6 Å². The van der Waals surface area contributed by atoms with Crippen LogP contribution in [0, 0.1) is 6.92 Å². The molecule has 1 atom stereocenters. The van der Waals surface area contributed by atoms with E-state index in [0.717, 1.165) is 11.1 Å². The van der Waals surface area contributed by atoms with Gasteiger partial charge < -0.3 is 21.5 Å². The Bertz CT molecular complexity index is 821. The first-order chi connectivity index (χ1) is 12.8. The zero-order chi connectivity index (χ0) is 19.8. The summed E-state index contributed by atoms with van der Waals surface area (Å²) in [5.74, 6) is -1.50. The van der Waals surface area contributed by atoms with Gasteiger partial charge in [-0.05, 0) is 43.0 Å². The Morgan fingerprint density at radius 1 is 1.11 bits per heavy atom. The molecule has 1 unspecified atom stereocenters. The molecule has 0 aliphatic carbocycles. The van der Waals surface area contributed by atoms with Crippen molar-refractivity contribution in [2.75, 3.05) is 5.32 Å². The molecule has 0 aliphatic heterocycles. The first kappa shape index (κ1) is 20.0. The molecule has 2 aromatic carbocycles. The maximum absolute atomic E-state index is 12.4. The van der Waals surface area contributed by atoms with Gasteiger partial charge in [-0.15, -0.1) is 0 Å². The molecule has 0 bridgehead atoms. The average Bonchev–Trinajstić information content (AvgIpc) is 2.62. The molecule has 142 valence electrons. The number of anilines is 1. The standard InChI is InChI=1S/C20H23N3O4/c1-13-7-8-15(19(21)26)12-17(13)23-20(27)22-16(9-10-18(24)25)11-14-5-3-2-4-6-14/h2-8,12,16H,9-11H2,1H3,(H2,21,26)(H,24,25)(H2,22,23,27). The van der Waals surface area contributed by atoms with Crippen LogP contribution < -0.4 is 16.4 Å². The van der Waals surface area contributed by atoms with Crippen LogP contribution in [0.4, 0.5) is 10.5 Å². The van der Waals surface area contributed by atoms with Gasteiger partial charge in [0, 0.05) is 23.7 Å². The highest BCUT2D eigenvalue weighted by molar-refractivity contribution is 5.96. The van der Waals surface area contributed by atoms with Gasteiger partial charge in [0.2, 0.25) is 5.91 Å². The van der Waals surface area contributed by atoms with Gasteiger partial charge in [-0.25, -0.2) is 4.79 Å². The lowest BCUT2D eigenvalue weighted by molar-refractivity contribution is -0.137. The maximum atomic E-state index is 12.4. The van der Waals surface area contributed by atoms with Crippen molar-refractivity contribution < 1.29 is 19.5 Å². The van der Waals surface area contributed by atoms with Gasteiger partial charge in [-0.1, -0.05) is 36.4 Å². The van der Waals surface area contributed by atoms with Crippen LogP contribution in [0.5, 0.6) is 0 Å². The lowest BCUT2D eigenvalue weighted by Crippen LogP contribution is -2.39. The van der Waals surface area contributed by atoms with Gasteiger partial charge in [0.15, 0.2) is 0 Å². The highest BCUT2D eigenvalue weighted by Gasteiger charge is 2.16. The van der Waals surface area contributed by atoms with Crippen molar-refractivity contribution in [3.05, 3.63) is 65.2 Å². The minimum absolute atomic E-state index is 0.0477. The first-order valence-corrected chi connectivity index (χ1v) is 8.59. The molecule has 0 aromatic heterocycles. The Morgan fingerprint density at radius 3 is 2.44 bits per heavy atom. The number of aliphatic carboxylic acids is 1. The molecule has 27 heavy (non-hydrogen) atoms. The molecule has 2 aromatic rings. The Labute approximate surface area is 157 Å². The van der Waals surface area contributed by atoms with Gasteiger partial charge in [0.05, 0.1) is 0 Å². The van der Waals surface area contributed by atoms with E-state index in [-0.39, 0.29) is 12.5 Å². The third-order valence-electron chi connectivity index (χ3n) is 4.14. The minimum Gasteiger partial charge on any atom is -0.481 e. The van der Waals surface area contributed by atoms with Gasteiger partial charge in [0.25, 0.3) is 0 Å². The molecular formula is C20H23N3O4. The quantitative estimate of drug-likeness (QED) is 0.571. The minimum atomic E-state index is -0.916. The molecule has 0 heterocycles. The van der Waals surface area contributed by atoms with Gasteiger partial charge in [0.1, 0.15) is 0 Å². The molecule has 7 heteroatoms. The first-order valence-electron chi connectivity index (χ1n) is 8.59. The summed E-state index contributed by atoms with van der Waals surface area (Å²) in [4.78, 5) is 34.6. The SMILES string of the molecule is Cc1ccc(C(N)=O)cc1NC(=O)NC(CCC(=O)O)Cc1ccccc1. The molecule has 0 fully saturated rings. The van der Waals surface area contributed by atoms with E-state index in [1.807, 2.05) is 30.3 Å². The van der Waals surface area contributed by atoms with E-state index in [1.54, 1.807) is 19.1 Å². The molecular weight excluding hydrogens is 346 g/mol. The summed E-state index contributed by atoms with van der Waals surface area (Å²) >= 11 is 0. The van der Waals surface area contributed by atoms with Crippen molar-refractivity contribution in [2.24, 2.45) is 5.73 Å². The van der Waals surface area contributed by atoms with E-state index in [4.69, 9.17) is 10.8 Å². The third-order valence-corrected chi connectivity index (χ3v) is 4.14. The number of carbonyl (C=O) groups excluding carboxylic acids is 2. The molecule has 2 rings (SSSR count). The third kappa shape index (κ3) is 6.47. The molecule has 0 aliphatic rings. The normalized spacial score (nSPS) is 11.4. The summed E-state index contributed by atoms with van der Waals surface area (Å²) in [6.45, 7) is 1.80. The van der Waals surface area contributed by atoms with Gasteiger partial charge in [-0.3, -0.25) is 9.59 Å². The van der Waals surface area contributed by atoms with E-state index in [0.29, 0.717) is 24.1 Å². The number of rotatable bonds is 8. The molecule has 5 N–H and O–H groups in total. The molecule has 0 spiro atoms. The number of aryl methyl sites for hydroxylation is 1. The zero-order valence-electron chi connectivity index (χ0n) is 15.1. The fourth-order valence-electron chi connectivity index (χ4n) is 2.68. The number of carbonyl (C=O) groups is 3. The number of nitrogens with two attached hydrogens (primary N) is 1. The topological polar surface area (TPSA) is 122 Å². The van der Waals surface area contributed by atoms with E-state index >= 15 is 0 Å². The highest BCUT2D eigenvalue weighted by Crippen LogP contribution is 2.17. The number of carboxylic acids is 1. The number of benzene rings is 2. The fraction of sp³-hybridized carbons (Fsp3) is 0.250. The number of primary amides is 1. The fourth-order valence-corrected chi connectivity index (χ4v) is 2.68. The number of carboxylic acid groups (broad SMARTS) is 1. The lowest BCUT2D eigenvalue weighted by Gasteiger charge is -2.19. The number of amides is 3. The molecule has 3 amide bonds. The van der Waals surface area contributed by atoms with Crippen molar-refractivity contribution in [2.45, 2.75) is 32.2 Å². The highest BCUT2D eigenvalue weighted by atomic mass is 16.4. The monoisotopic (exact) mass is 369 g/mol. The molecule has 0 saturated carbocycles. The number of hydrogen-bond donors (Lipinski definition) is 4. The van der Waals surface area contributed by atoms with Crippen molar-refractivity contribution in [1.82, 2.24) is 5.32 Å². The molecule has 0 radical (unpaired) electrons. The summed E-state index contributed by atoms with van der Waals surface area (Å²) in [6.07, 6.45) is 0.772. The predicted octanol–water partition coefficient (Wildman–Crippen LogP) is 2.69. The second-order valence-corrected chi connectivity index (χ2v) is 6.31. The Hall–Kier alpha value is -3.35. The number of urea groups is 1. The van der Waals surface area contributed by atoms with Gasteiger partial charge >= 0.3 is 12.0 Å². The second-order valence-electron chi connectivity index (χ2n) is 6.31. The summed E-state index contributed by atoms with van der Waals surface area (Å²) in [5.41, 5.74) is 7.82. The Kier molecular flexibility index (Phi) is 6.93. The van der Waals surface area contributed by atoms with Crippen LogP contribution in [0.25, 0.3) is 0 Å². The summed E-state index contributed by atoms with van der Waals surface area (Å²) in [6, 6.07) is 13.5. The van der Waals surface area contributed by atoms with Crippen LogP contribution in [-0.2, 0) is 11.2 Å². The maximum Gasteiger partial charge on any atom is 0.319 e. The van der Waals surface area contributed by atoms with E-state index in [2.05, 4.69) is 10.6 Å². The Balaban J connectivity index is 2.07. The largest absolute Gasteiger partial charge is 0.481 e. The molecule has 7 nitrogen and oxygen atoms in total. The van der Waals surface area contributed by atoms with Crippen molar-refractivity contribution in [3.8, 4) is 0 Å².